The van der Waals surface area contributed by atoms with E-state index in [0.717, 1.165) is 13.4 Å². The largest absolute Gasteiger partial charge is 0.481 e. The van der Waals surface area contributed by atoms with Gasteiger partial charge in [0, 0.05) is 5.92 Å². The van der Waals surface area contributed by atoms with Crippen molar-refractivity contribution < 1.29 is 69.1 Å². The van der Waals surface area contributed by atoms with Crippen LogP contribution in [-0.2, 0) is 33.3 Å². The molecule has 0 spiro atoms. The highest BCUT2D eigenvalue weighted by atomic mass is 16.8. The molecule has 2 rings (SSSR count). The van der Waals surface area contributed by atoms with E-state index in [4.69, 9.17) is 14.2 Å². The van der Waals surface area contributed by atoms with Crippen molar-refractivity contribution in [1.29, 1.82) is 0 Å². The van der Waals surface area contributed by atoms with Gasteiger partial charge in [-0.3, -0.25) is 9.59 Å². The van der Waals surface area contributed by atoms with Crippen LogP contribution < -0.4 is 0 Å². The van der Waals surface area contributed by atoms with Crippen molar-refractivity contribution in [2.75, 3.05) is 13.7 Å². The van der Waals surface area contributed by atoms with E-state index in [9.17, 15) is 50.1 Å². The second kappa shape index (κ2) is 9.86. The van der Waals surface area contributed by atoms with Crippen LogP contribution in [0.1, 0.15) is 12.8 Å². The van der Waals surface area contributed by atoms with Crippen LogP contribution in [0.25, 0.3) is 0 Å². The average Bonchev–Trinajstić information content (AvgIpc) is 2.70. The number of rotatable bonds is 8. The van der Waals surface area contributed by atoms with E-state index < -0.39 is 91.4 Å². The fourth-order valence-corrected chi connectivity index (χ4v) is 3.44. The van der Waals surface area contributed by atoms with Gasteiger partial charge >= 0.3 is 17.9 Å². The minimum Gasteiger partial charge on any atom is -0.481 e. The topological polar surface area (TPSA) is 230 Å². The average molecular weight is 452 g/mol. The number of carboxylic acids is 2. The van der Waals surface area contributed by atoms with E-state index in [1.54, 1.807) is 0 Å². The molecule has 0 aromatic carbocycles. The highest BCUT2D eigenvalue weighted by Gasteiger charge is 2.56. The van der Waals surface area contributed by atoms with Gasteiger partial charge < -0.3 is 54.7 Å². The molecular weight excluding hydrogens is 428 g/mol. The third-order valence-electron chi connectivity index (χ3n) is 5.05. The van der Waals surface area contributed by atoms with Crippen LogP contribution in [0.15, 0.2) is 11.8 Å². The zero-order chi connectivity index (χ0) is 23.5. The van der Waals surface area contributed by atoms with Gasteiger partial charge in [-0.1, -0.05) is 0 Å². The molecule has 7 N–H and O–H groups in total. The fraction of sp³-hybridized carbons (Fsp3) is 0.706. The van der Waals surface area contributed by atoms with Crippen molar-refractivity contribution in [1.82, 2.24) is 0 Å². The lowest BCUT2D eigenvalue weighted by molar-refractivity contribution is -0.359. The molecule has 8 atom stereocenters. The van der Waals surface area contributed by atoms with Gasteiger partial charge in [-0.15, -0.1) is 0 Å². The number of carbonyl (C=O) groups is 3. The molecule has 31 heavy (non-hydrogen) atoms. The number of aliphatic hydroxyl groups excluding tert-OH is 4. The van der Waals surface area contributed by atoms with E-state index >= 15 is 0 Å². The number of ether oxygens (including phenoxy) is 4. The van der Waals surface area contributed by atoms with E-state index in [1.807, 2.05) is 0 Å². The first-order valence-electron chi connectivity index (χ1n) is 9.02. The van der Waals surface area contributed by atoms with Crippen LogP contribution in [0.3, 0.4) is 0 Å². The Bertz CT molecular complexity index is 720. The minimum absolute atomic E-state index is 0.470. The van der Waals surface area contributed by atoms with Crippen LogP contribution in [0.4, 0.5) is 0 Å². The van der Waals surface area contributed by atoms with Crippen LogP contribution in [0.5, 0.6) is 0 Å². The normalized spacial score (nSPS) is 38.0. The Balaban J connectivity index is 2.42. The quantitative estimate of drug-likeness (QED) is 0.177. The molecular formula is C17H24O14. The zero-order valence-corrected chi connectivity index (χ0v) is 16.2. The number of carbonyl (C=O) groups excluding carboxylic acids is 1. The smallest absolute Gasteiger partial charge is 0.337 e. The van der Waals surface area contributed by atoms with E-state index in [-0.39, 0.29) is 0 Å². The molecule has 2 aliphatic rings. The van der Waals surface area contributed by atoms with Crippen molar-refractivity contribution >= 4 is 17.9 Å². The van der Waals surface area contributed by atoms with Crippen LogP contribution >= 0.6 is 0 Å². The summed E-state index contributed by atoms with van der Waals surface area (Å²) in [5.74, 6) is -5.84. The number of aliphatic carboxylic acids is 2. The van der Waals surface area contributed by atoms with Crippen molar-refractivity contribution in [3.63, 3.8) is 0 Å². The molecule has 14 nitrogen and oxygen atoms in total. The Morgan fingerprint density at radius 1 is 1.10 bits per heavy atom. The summed E-state index contributed by atoms with van der Waals surface area (Å²) in [7, 11) is 0.980. The molecule has 0 unspecified atom stereocenters. The summed E-state index contributed by atoms with van der Waals surface area (Å²) in [4.78, 5) is 34.8. The minimum atomic E-state index is -2.67. The van der Waals surface area contributed by atoms with Crippen molar-refractivity contribution in [2.45, 2.75) is 55.4 Å². The van der Waals surface area contributed by atoms with Gasteiger partial charge in [0.15, 0.2) is 6.29 Å². The molecule has 176 valence electrons. The summed E-state index contributed by atoms with van der Waals surface area (Å²) < 4.78 is 20.1. The highest BCUT2D eigenvalue weighted by molar-refractivity contribution is 5.90. The number of hydrogen-bond donors (Lipinski definition) is 7. The third kappa shape index (κ3) is 5.12. The van der Waals surface area contributed by atoms with Crippen molar-refractivity contribution in [3.8, 4) is 0 Å². The SMILES string of the molecule is COC(=O)C1=CO[C@@H](O[C@@H]2O[C@H](CO)[C@@H](O)[C@H](O)[C@H]2O)[C@](O)(CC(=O)O)[C@@H]1CC(=O)O. The maximum atomic E-state index is 12.0. The van der Waals surface area contributed by atoms with Gasteiger partial charge in [0.25, 0.3) is 0 Å². The van der Waals surface area contributed by atoms with E-state index in [2.05, 4.69) is 4.74 Å². The summed E-state index contributed by atoms with van der Waals surface area (Å²) in [5, 5.41) is 68.7. The van der Waals surface area contributed by atoms with Crippen LogP contribution in [-0.4, -0.2) is 110 Å². The Morgan fingerprint density at radius 2 is 1.74 bits per heavy atom. The predicted molar refractivity (Wildman–Crippen MR) is 92.8 cm³/mol. The Hall–Kier alpha value is -2.33. The zero-order valence-electron chi connectivity index (χ0n) is 16.2. The van der Waals surface area contributed by atoms with Crippen molar-refractivity contribution in [3.05, 3.63) is 11.8 Å². The lowest BCUT2D eigenvalue weighted by Gasteiger charge is -2.46. The van der Waals surface area contributed by atoms with E-state index in [0.29, 0.717) is 0 Å². The molecule has 1 fully saturated rings. The lowest BCUT2D eigenvalue weighted by atomic mass is 9.75. The number of aliphatic hydroxyl groups is 5. The summed E-state index contributed by atoms with van der Waals surface area (Å²) in [6.45, 7) is -0.788. The molecule has 1 saturated heterocycles. The van der Waals surface area contributed by atoms with Gasteiger partial charge in [-0.25, -0.2) is 4.79 Å². The van der Waals surface area contributed by atoms with E-state index in [1.165, 1.54) is 0 Å². The monoisotopic (exact) mass is 452 g/mol. The number of methoxy groups -OCH3 is 1. The standard InChI is InChI=1S/C17H24O14/c1-28-14(26)6-5-29-16(17(27,3-10(21)22)7(6)2-9(19)20)31-15-13(25)12(24)11(23)8(4-18)30-15/h5,7-8,11-13,15-16,18,23-25,27H,2-4H2,1H3,(H,19,20)(H,21,22)/t7-,8-,11-,12+,13-,15+,16+,17+/m1/s1. The number of hydrogen-bond acceptors (Lipinski definition) is 12. The lowest BCUT2D eigenvalue weighted by Crippen LogP contribution is -2.63. The van der Waals surface area contributed by atoms with Gasteiger partial charge in [-0.05, 0) is 0 Å². The highest BCUT2D eigenvalue weighted by Crippen LogP contribution is 2.41. The van der Waals surface area contributed by atoms with Crippen molar-refractivity contribution in [2.24, 2.45) is 5.92 Å². The molecule has 0 saturated carbocycles. The molecule has 2 aliphatic heterocycles. The van der Waals surface area contributed by atoms with Gasteiger partial charge in [0.05, 0.1) is 38.4 Å². The molecule has 0 aliphatic carbocycles. The number of esters is 1. The summed E-state index contributed by atoms with van der Waals surface area (Å²) >= 11 is 0. The maximum Gasteiger partial charge on any atom is 0.337 e. The summed E-state index contributed by atoms with van der Waals surface area (Å²) in [6, 6.07) is 0. The first-order chi connectivity index (χ1) is 14.5. The van der Waals surface area contributed by atoms with Gasteiger partial charge in [-0.2, -0.15) is 0 Å². The predicted octanol–water partition coefficient (Wildman–Crippen LogP) is -3.49. The summed E-state index contributed by atoms with van der Waals surface area (Å²) in [5.41, 5.74) is -3.14. The van der Waals surface area contributed by atoms with Crippen LogP contribution in [0.2, 0.25) is 0 Å². The van der Waals surface area contributed by atoms with Gasteiger partial charge in [0.2, 0.25) is 6.29 Å². The molecule has 0 bridgehead atoms. The Kier molecular flexibility index (Phi) is 7.93. The Labute approximate surface area is 174 Å². The fourth-order valence-electron chi connectivity index (χ4n) is 3.44. The molecule has 0 aromatic heterocycles. The molecule has 14 heteroatoms. The molecule has 0 amide bonds. The molecule has 2 heterocycles. The van der Waals surface area contributed by atoms with Crippen LogP contribution in [0, 0.1) is 5.92 Å². The Morgan fingerprint density at radius 3 is 2.26 bits per heavy atom. The number of carboxylic acid groups (broad SMARTS) is 2. The second-order valence-corrected chi connectivity index (χ2v) is 7.08. The molecule has 0 aromatic rings. The second-order valence-electron chi connectivity index (χ2n) is 7.08. The summed E-state index contributed by atoms with van der Waals surface area (Å²) in [6.07, 6.45) is -12.0. The molecule has 0 radical (unpaired) electrons. The first kappa shape index (κ1) is 24.9. The first-order valence-corrected chi connectivity index (χ1v) is 9.02. The maximum absolute atomic E-state index is 12.0. The van der Waals surface area contributed by atoms with Gasteiger partial charge in [0.1, 0.15) is 30.0 Å². The third-order valence-corrected chi connectivity index (χ3v) is 5.05.